The Morgan fingerprint density at radius 2 is 1.30 bits per heavy atom. The first-order valence-corrected chi connectivity index (χ1v) is 8.95. The number of piperidine rings is 1. The number of rotatable bonds is 1. The Kier molecular flexibility index (Phi) is 3.91. The highest BCUT2D eigenvalue weighted by Gasteiger charge is 2.59. The van der Waals surface area contributed by atoms with Crippen LogP contribution in [0.4, 0.5) is 8.78 Å². The van der Waals surface area contributed by atoms with Crippen LogP contribution in [-0.2, 0) is 0 Å². The third-order valence-corrected chi connectivity index (χ3v) is 6.03. The molecule has 0 aromatic carbocycles. The Morgan fingerprint density at radius 3 is 1.74 bits per heavy atom. The first-order valence-electron chi connectivity index (χ1n) is 8.95. The van der Waals surface area contributed by atoms with E-state index in [0.29, 0.717) is 11.8 Å². The van der Waals surface area contributed by atoms with Crippen LogP contribution in [0, 0.1) is 5.41 Å². The summed E-state index contributed by atoms with van der Waals surface area (Å²) in [6, 6.07) is -0.560. The number of likely N-dealkylation sites (tertiary alicyclic amines) is 3. The van der Waals surface area contributed by atoms with Crippen LogP contribution in [0.15, 0.2) is 0 Å². The Labute approximate surface area is 140 Å². The maximum atomic E-state index is 14.7. The molecule has 3 nitrogen and oxygen atoms in total. The van der Waals surface area contributed by atoms with Gasteiger partial charge in [-0.2, -0.15) is 0 Å². The molecular weight excluding hydrogens is 296 g/mol. The summed E-state index contributed by atoms with van der Waals surface area (Å²) >= 11 is 0. The van der Waals surface area contributed by atoms with E-state index in [1.165, 1.54) is 0 Å². The zero-order valence-electron chi connectivity index (χ0n) is 15.6. The van der Waals surface area contributed by atoms with Crippen molar-refractivity contribution in [3.8, 4) is 0 Å². The Morgan fingerprint density at radius 1 is 0.783 bits per heavy atom. The second-order valence-electron chi connectivity index (χ2n) is 10.1. The van der Waals surface area contributed by atoms with Gasteiger partial charge in [0.25, 0.3) is 5.92 Å². The van der Waals surface area contributed by atoms with Gasteiger partial charge in [-0.05, 0) is 48.0 Å². The van der Waals surface area contributed by atoms with Crippen LogP contribution in [0.5, 0.6) is 0 Å². The molecule has 0 saturated carbocycles. The number of hydrogen-bond acceptors (Lipinski definition) is 3. The van der Waals surface area contributed by atoms with E-state index in [9.17, 15) is 8.78 Å². The average molecular weight is 329 g/mol. The standard InChI is InChI=1S/C18H33F2N3/c1-15(2,3)22-8-7-14(18(19,20)13-22)21-9-17(10-21)11-23(12-17)16(4,5)6/h14H,7-13H2,1-6H3. The van der Waals surface area contributed by atoms with Gasteiger partial charge in [-0.15, -0.1) is 0 Å². The highest BCUT2D eigenvalue weighted by atomic mass is 19.3. The number of nitrogens with zero attached hydrogens (tertiary/aromatic N) is 3. The molecule has 0 aromatic heterocycles. The van der Waals surface area contributed by atoms with E-state index in [0.717, 1.165) is 32.7 Å². The van der Waals surface area contributed by atoms with Gasteiger partial charge in [0.2, 0.25) is 0 Å². The third-order valence-electron chi connectivity index (χ3n) is 6.03. The lowest BCUT2D eigenvalue weighted by Crippen LogP contribution is -2.78. The number of alkyl halides is 2. The van der Waals surface area contributed by atoms with Crippen molar-refractivity contribution in [1.29, 1.82) is 0 Å². The van der Waals surface area contributed by atoms with Crippen molar-refractivity contribution in [1.82, 2.24) is 14.7 Å². The van der Waals surface area contributed by atoms with E-state index in [-0.39, 0.29) is 17.6 Å². The second kappa shape index (κ2) is 5.12. The fraction of sp³-hybridized carbons (Fsp3) is 1.00. The molecule has 3 aliphatic rings. The van der Waals surface area contributed by atoms with Crippen molar-refractivity contribution >= 4 is 0 Å². The summed E-state index contributed by atoms with van der Waals surface area (Å²) in [5.41, 5.74) is 0.323. The van der Waals surface area contributed by atoms with Crippen LogP contribution in [0.25, 0.3) is 0 Å². The van der Waals surface area contributed by atoms with E-state index in [2.05, 4.69) is 30.6 Å². The lowest BCUT2D eigenvalue weighted by Gasteiger charge is -2.65. The van der Waals surface area contributed by atoms with Gasteiger partial charge in [0.05, 0.1) is 12.6 Å². The molecule has 1 atom stereocenters. The summed E-state index contributed by atoms with van der Waals surface area (Å²) in [5.74, 6) is -2.60. The van der Waals surface area contributed by atoms with Crippen molar-refractivity contribution in [2.24, 2.45) is 5.41 Å². The van der Waals surface area contributed by atoms with Gasteiger partial charge in [-0.25, -0.2) is 8.78 Å². The topological polar surface area (TPSA) is 9.72 Å². The average Bonchev–Trinajstić information content (AvgIpc) is 2.23. The Bertz CT molecular complexity index is 450. The summed E-state index contributed by atoms with van der Waals surface area (Å²) in [7, 11) is 0. The van der Waals surface area contributed by atoms with Gasteiger partial charge in [0.1, 0.15) is 0 Å². The van der Waals surface area contributed by atoms with Crippen LogP contribution < -0.4 is 0 Å². The van der Waals surface area contributed by atoms with Crippen molar-refractivity contribution < 1.29 is 8.78 Å². The minimum absolute atomic E-state index is 0.0984. The predicted molar refractivity (Wildman–Crippen MR) is 90.0 cm³/mol. The summed E-state index contributed by atoms with van der Waals surface area (Å²) in [5, 5.41) is 0. The molecule has 5 heteroatoms. The van der Waals surface area contributed by atoms with Gasteiger partial charge >= 0.3 is 0 Å². The van der Waals surface area contributed by atoms with Gasteiger partial charge in [-0.3, -0.25) is 14.7 Å². The third kappa shape index (κ3) is 3.16. The predicted octanol–water partition coefficient (Wildman–Crippen LogP) is 2.91. The van der Waals surface area contributed by atoms with Gasteiger partial charge in [-0.1, -0.05) is 0 Å². The molecule has 1 unspecified atom stereocenters. The summed E-state index contributed by atoms with van der Waals surface area (Å²) in [6.07, 6.45) is 0.587. The van der Waals surface area contributed by atoms with Crippen LogP contribution in [-0.4, -0.2) is 77.0 Å². The Balaban J connectivity index is 1.55. The molecule has 3 saturated heterocycles. The zero-order valence-corrected chi connectivity index (χ0v) is 15.6. The second-order valence-corrected chi connectivity index (χ2v) is 10.1. The van der Waals surface area contributed by atoms with Crippen LogP contribution in [0.2, 0.25) is 0 Å². The molecule has 0 amide bonds. The lowest BCUT2D eigenvalue weighted by atomic mass is 9.69. The van der Waals surface area contributed by atoms with Crippen molar-refractivity contribution in [3.05, 3.63) is 0 Å². The molecule has 3 heterocycles. The van der Waals surface area contributed by atoms with Gasteiger partial charge < -0.3 is 0 Å². The minimum Gasteiger partial charge on any atom is -0.297 e. The van der Waals surface area contributed by atoms with E-state index in [1.54, 1.807) is 0 Å². The molecule has 3 rings (SSSR count). The molecule has 23 heavy (non-hydrogen) atoms. The molecule has 134 valence electrons. The summed E-state index contributed by atoms with van der Waals surface area (Å²) in [4.78, 5) is 6.45. The monoisotopic (exact) mass is 329 g/mol. The lowest BCUT2D eigenvalue weighted by molar-refractivity contribution is -0.210. The highest BCUT2D eigenvalue weighted by molar-refractivity contribution is 5.11. The van der Waals surface area contributed by atoms with Crippen molar-refractivity contribution in [3.63, 3.8) is 0 Å². The highest BCUT2D eigenvalue weighted by Crippen LogP contribution is 2.46. The largest absolute Gasteiger partial charge is 0.297 e. The molecule has 3 aliphatic heterocycles. The molecular formula is C18H33F2N3. The Hall–Kier alpha value is -0.260. The minimum atomic E-state index is -2.60. The molecule has 1 spiro atoms. The molecule has 0 bridgehead atoms. The quantitative estimate of drug-likeness (QED) is 0.732. The molecule has 0 aromatic rings. The van der Waals surface area contributed by atoms with E-state index < -0.39 is 12.0 Å². The van der Waals surface area contributed by atoms with E-state index >= 15 is 0 Å². The molecule has 0 aliphatic carbocycles. The first kappa shape index (κ1) is 17.6. The van der Waals surface area contributed by atoms with Crippen molar-refractivity contribution in [2.75, 3.05) is 39.3 Å². The van der Waals surface area contributed by atoms with Crippen LogP contribution in [0.3, 0.4) is 0 Å². The summed E-state index contributed by atoms with van der Waals surface area (Å²) < 4.78 is 29.3. The fourth-order valence-corrected chi connectivity index (χ4v) is 4.42. The normalized spacial score (nSPS) is 32.6. The van der Waals surface area contributed by atoms with Gasteiger partial charge in [0, 0.05) is 49.2 Å². The first-order chi connectivity index (χ1) is 10.3. The fourth-order valence-electron chi connectivity index (χ4n) is 4.42. The zero-order chi connectivity index (χ0) is 17.3. The number of hydrogen-bond donors (Lipinski definition) is 0. The number of halogens is 2. The van der Waals surface area contributed by atoms with Crippen molar-refractivity contribution in [2.45, 2.75) is 71.0 Å². The van der Waals surface area contributed by atoms with Crippen LogP contribution in [0.1, 0.15) is 48.0 Å². The molecule has 0 radical (unpaired) electrons. The summed E-state index contributed by atoms with van der Waals surface area (Å²) in [6.45, 7) is 17.3. The molecule has 3 fully saturated rings. The van der Waals surface area contributed by atoms with E-state index in [1.807, 2.05) is 25.7 Å². The maximum absolute atomic E-state index is 14.7. The smallest absolute Gasteiger partial charge is 0.275 e. The van der Waals surface area contributed by atoms with E-state index in [4.69, 9.17) is 0 Å². The molecule has 0 N–H and O–H groups in total. The SMILES string of the molecule is CC(C)(C)N1CC2(CN(C3CCN(C(C)(C)C)CC3(F)F)C2)C1. The van der Waals surface area contributed by atoms with Gasteiger partial charge in [0.15, 0.2) is 0 Å². The maximum Gasteiger partial charge on any atom is 0.275 e. The van der Waals surface area contributed by atoms with Crippen LogP contribution >= 0.6 is 0 Å².